The second kappa shape index (κ2) is 4.96. The van der Waals surface area contributed by atoms with Crippen LogP contribution >= 0.6 is 32.9 Å². The highest BCUT2D eigenvalue weighted by Crippen LogP contribution is 2.35. The average molecular weight is 291 g/mol. The van der Waals surface area contributed by atoms with Crippen molar-refractivity contribution in [3.05, 3.63) is 39.8 Å². The highest BCUT2D eigenvalue weighted by atomic mass is 32.9. The summed E-state index contributed by atoms with van der Waals surface area (Å²) in [7, 11) is 3.72. The Morgan fingerprint density at radius 2 is 2.11 bits per heavy atom. The van der Waals surface area contributed by atoms with Gasteiger partial charge in [-0.25, -0.2) is 0 Å². The van der Waals surface area contributed by atoms with E-state index < -0.39 is 0 Å². The minimum Gasteiger partial charge on any atom is -0.360 e. The van der Waals surface area contributed by atoms with Gasteiger partial charge in [0, 0.05) is 21.8 Å². The fourth-order valence-electron chi connectivity index (χ4n) is 2.12. The van der Waals surface area contributed by atoms with Crippen LogP contribution in [0.3, 0.4) is 0 Å². The lowest BCUT2D eigenvalue weighted by Gasteiger charge is -1.96. The molecule has 0 atom stereocenters. The summed E-state index contributed by atoms with van der Waals surface area (Å²) in [6.07, 6.45) is 4.27. The Morgan fingerprint density at radius 3 is 2.94 bits per heavy atom. The van der Waals surface area contributed by atoms with E-state index in [4.69, 9.17) is 12.2 Å². The molecule has 1 aromatic carbocycles. The first-order chi connectivity index (χ1) is 8.81. The van der Waals surface area contributed by atoms with Crippen LogP contribution < -0.4 is 0 Å². The molecule has 1 N–H and O–H groups in total. The highest BCUT2D eigenvalue weighted by Gasteiger charge is 2.08. The summed E-state index contributed by atoms with van der Waals surface area (Å²) in [5, 5.41) is 2.47. The number of hydrogen-bond donors (Lipinski definition) is 1. The van der Waals surface area contributed by atoms with Gasteiger partial charge in [0.2, 0.25) is 0 Å². The average Bonchev–Trinajstić information content (AvgIpc) is 2.58. The Hall–Kier alpha value is -0.970. The third-order valence-electron chi connectivity index (χ3n) is 2.96. The summed E-state index contributed by atoms with van der Waals surface area (Å²) >= 11 is 5.60. The van der Waals surface area contributed by atoms with Crippen LogP contribution in [0, 0.1) is 4.51 Å². The Kier molecular flexibility index (Phi) is 3.33. The van der Waals surface area contributed by atoms with Crippen LogP contribution in [0.4, 0.5) is 0 Å². The molecule has 0 aliphatic heterocycles. The Morgan fingerprint density at radius 1 is 1.22 bits per heavy atom. The van der Waals surface area contributed by atoms with E-state index in [1.807, 2.05) is 32.9 Å². The minimum atomic E-state index is 0.956. The van der Waals surface area contributed by atoms with E-state index in [-0.39, 0.29) is 0 Å². The topological polar surface area (TPSA) is 15.8 Å². The summed E-state index contributed by atoms with van der Waals surface area (Å²) < 4.78 is 2.27. The number of nitrogens with one attached hydrogen (secondary N) is 1. The number of aryl methyl sites for hydroxylation is 1. The summed E-state index contributed by atoms with van der Waals surface area (Å²) in [5.41, 5.74) is 1.09. The van der Waals surface area contributed by atoms with E-state index in [0.717, 1.165) is 16.4 Å². The van der Waals surface area contributed by atoms with E-state index in [2.05, 4.69) is 30.1 Å². The van der Waals surface area contributed by atoms with Gasteiger partial charge in [0.25, 0.3) is 0 Å². The first kappa shape index (κ1) is 12.1. The van der Waals surface area contributed by atoms with E-state index in [9.17, 15) is 0 Å². The van der Waals surface area contributed by atoms with Crippen molar-refractivity contribution in [1.82, 2.24) is 4.98 Å². The molecule has 0 spiro atoms. The number of hydrogen-bond acceptors (Lipinski definition) is 3. The number of rotatable bonds is 2. The smallest absolute Gasteiger partial charge is 0.0706 e. The van der Waals surface area contributed by atoms with Crippen LogP contribution in [0.2, 0.25) is 0 Å². The molecule has 0 amide bonds. The van der Waals surface area contributed by atoms with Crippen LogP contribution in [0.5, 0.6) is 0 Å². The van der Waals surface area contributed by atoms with Gasteiger partial charge in [-0.15, -0.1) is 0 Å². The Bertz CT molecular complexity index is 777. The third-order valence-corrected chi connectivity index (χ3v) is 6.00. The molecule has 1 nitrogen and oxygen atoms in total. The molecule has 0 aliphatic carbocycles. The van der Waals surface area contributed by atoms with Crippen molar-refractivity contribution >= 4 is 53.9 Å². The van der Waals surface area contributed by atoms with E-state index in [0.29, 0.717) is 0 Å². The first-order valence-corrected chi connectivity index (χ1v) is 8.55. The molecule has 3 aromatic rings. The van der Waals surface area contributed by atoms with Crippen LogP contribution in [0.1, 0.15) is 18.2 Å². The van der Waals surface area contributed by atoms with Gasteiger partial charge in [-0.2, -0.15) is 0 Å². The molecule has 0 aliphatic rings. The molecule has 0 fully saturated rings. The first-order valence-electron chi connectivity index (χ1n) is 5.99. The van der Waals surface area contributed by atoms with Crippen molar-refractivity contribution in [3.63, 3.8) is 0 Å². The number of H-pyrrole nitrogens is 1. The van der Waals surface area contributed by atoms with Crippen molar-refractivity contribution in [2.75, 3.05) is 0 Å². The summed E-state index contributed by atoms with van der Waals surface area (Å²) in [5.74, 6) is 0. The SMILES string of the molecule is CCCc1cc2c(=S)c3[nH]ccccc3c2ss1. The van der Waals surface area contributed by atoms with Crippen molar-refractivity contribution in [2.24, 2.45) is 0 Å². The van der Waals surface area contributed by atoms with Crippen LogP contribution in [-0.2, 0) is 6.42 Å². The van der Waals surface area contributed by atoms with Gasteiger partial charge in [-0.1, -0.05) is 58.4 Å². The molecule has 4 heteroatoms. The van der Waals surface area contributed by atoms with Gasteiger partial charge in [-0.05, 0) is 18.6 Å². The van der Waals surface area contributed by atoms with E-state index in [1.54, 1.807) is 0 Å². The van der Waals surface area contributed by atoms with Crippen LogP contribution in [0.15, 0.2) is 30.5 Å². The maximum absolute atomic E-state index is 5.60. The van der Waals surface area contributed by atoms with Crippen molar-refractivity contribution in [2.45, 2.75) is 19.8 Å². The molecular weight excluding hydrogens is 278 g/mol. The lowest BCUT2D eigenvalue weighted by atomic mass is 10.2. The molecule has 0 unspecified atom stereocenters. The largest absolute Gasteiger partial charge is 0.360 e. The number of fused-ring (bicyclic) bond motifs is 3. The minimum absolute atomic E-state index is 0.956. The lowest BCUT2D eigenvalue weighted by Crippen LogP contribution is -1.76. The predicted molar refractivity (Wildman–Crippen MR) is 85.2 cm³/mol. The second-order valence-corrected chi connectivity index (χ2v) is 6.92. The molecule has 0 bridgehead atoms. The third kappa shape index (κ3) is 1.94. The highest BCUT2D eigenvalue weighted by molar-refractivity contribution is 7.73. The zero-order valence-corrected chi connectivity index (χ0v) is 12.5. The van der Waals surface area contributed by atoms with Gasteiger partial charge in [-0.3, -0.25) is 0 Å². The molecule has 2 heterocycles. The molecular formula is C14H13NS3. The molecule has 0 saturated carbocycles. The Labute approximate surface area is 118 Å². The summed E-state index contributed by atoms with van der Waals surface area (Å²) in [6.45, 7) is 2.21. The zero-order chi connectivity index (χ0) is 12.5. The maximum atomic E-state index is 5.60. The second-order valence-electron chi connectivity index (χ2n) is 4.25. The lowest BCUT2D eigenvalue weighted by molar-refractivity contribution is 0.940. The molecule has 3 rings (SSSR count). The molecule has 18 heavy (non-hydrogen) atoms. The van der Waals surface area contributed by atoms with Crippen molar-refractivity contribution in [3.8, 4) is 0 Å². The molecule has 2 aromatic heterocycles. The van der Waals surface area contributed by atoms with Gasteiger partial charge >= 0.3 is 0 Å². The monoisotopic (exact) mass is 291 g/mol. The summed E-state index contributed by atoms with van der Waals surface area (Å²) in [4.78, 5) is 4.73. The van der Waals surface area contributed by atoms with Crippen molar-refractivity contribution in [1.29, 1.82) is 0 Å². The fraction of sp³-hybridized carbons (Fsp3) is 0.214. The van der Waals surface area contributed by atoms with Crippen molar-refractivity contribution < 1.29 is 0 Å². The van der Waals surface area contributed by atoms with Gasteiger partial charge in [0.1, 0.15) is 0 Å². The van der Waals surface area contributed by atoms with E-state index >= 15 is 0 Å². The molecule has 0 saturated heterocycles. The standard InChI is InChI=1S/C14H13NS3/c1-2-5-9-8-11-13(16)12-10(14(11)18-17-9)6-3-4-7-15-12/h3-4,6-8,15H,2,5H2,1H3. The van der Waals surface area contributed by atoms with Gasteiger partial charge in [0.15, 0.2) is 0 Å². The molecule has 0 radical (unpaired) electrons. The number of aromatic nitrogens is 1. The van der Waals surface area contributed by atoms with Gasteiger partial charge < -0.3 is 4.98 Å². The normalized spacial score (nSPS) is 11.2. The quantitative estimate of drug-likeness (QED) is 0.474. The predicted octanol–water partition coefficient (Wildman–Crippen LogP) is 5.69. The van der Waals surface area contributed by atoms with E-state index in [1.165, 1.54) is 26.8 Å². The van der Waals surface area contributed by atoms with Crippen LogP contribution in [0.25, 0.3) is 21.0 Å². The maximum Gasteiger partial charge on any atom is 0.0706 e. The zero-order valence-electron chi connectivity index (χ0n) is 10.0. The van der Waals surface area contributed by atoms with Crippen LogP contribution in [-0.4, -0.2) is 4.98 Å². The van der Waals surface area contributed by atoms with Gasteiger partial charge in [0.05, 0.1) is 14.7 Å². The molecule has 92 valence electrons. The number of aromatic amines is 1. The fourth-order valence-corrected chi connectivity index (χ4v) is 5.17. The Balaban J connectivity index is 2.43. The summed E-state index contributed by atoms with van der Waals surface area (Å²) in [6, 6.07) is 8.48.